The van der Waals surface area contributed by atoms with Gasteiger partial charge in [-0.05, 0) is 18.2 Å². The Bertz CT molecular complexity index is 742. The molecule has 20 heavy (non-hydrogen) atoms. The zero-order valence-corrected chi connectivity index (χ0v) is 10.5. The van der Waals surface area contributed by atoms with E-state index in [9.17, 15) is 26.4 Å². The summed E-state index contributed by atoms with van der Waals surface area (Å²) >= 11 is 0. The second kappa shape index (κ2) is 4.48. The van der Waals surface area contributed by atoms with E-state index in [2.05, 4.69) is 0 Å². The van der Waals surface area contributed by atoms with Gasteiger partial charge in [-0.2, -0.15) is 13.2 Å². The van der Waals surface area contributed by atoms with Crippen LogP contribution in [0.4, 0.5) is 13.2 Å². The summed E-state index contributed by atoms with van der Waals surface area (Å²) in [6.45, 7) is 0. The average Bonchev–Trinajstić information content (AvgIpc) is 2.63. The number of carbonyl (C=O) groups is 1. The first kappa shape index (κ1) is 14.3. The molecule has 2 rings (SSSR count). The lowest BCUT2D eigenvalue weighted by molar-refractivity contribution is -0.137. The maximum Gasteiger partial charge on any atom is 0.417 e. The van der Waals surface area contributed by atoms with Gasteiger partial charge in [0.25, 0.3) is 0 Å². The first-order valence-electron chi connectivity index (χ1n) is 5.22. The quantitative estimate of drug-likeness (QED) is 0.911. The highest BCUT2D eigenvalue weighted by Crippen LogP contribution is 2.40. The SMILES string of the molecule is O=C(O)C1=CC=C(c2ccccc2C(F)(F)F)S1(=O)=O. The molecule has 1 aromatic carbocycles. The van der Waals surface area contributed by atoms with Crippen molar-refractivity contribution in [3.63, 3.8) is 0 Å². The molecule has 4 nitrogen and oxygen atoms in total. The lowest BCUT2D eigenvalue weighted by atomic mass is 10.1. The maximum atomic E-state index is 12.9. The fraction of sp³-hybridized carbons (Fsp3) is 0.0833. The summed E-state index contributed by atoms with van der Waals surface area (Å²) < 4.78 is 62.4. The fourth-order valence-electron chi connectivity index (χ4n) is 1.81. The Balaban J connectivity index is 2.61. The van der Waals surface area contributed by atoms with Crippen LogP contribution in [-0.4, -0.2) is 19.5 Å². The second-order valence-corrected chi connectivity index (χ2v) is 5.80. The van der Waals surface area contributed by atoms with E-state index in [1.54, 1.807) is 0 Å². The van der Waals surface area contributed by atoms with Crippen LogP contribution in [0.5, 0.6) is 0 Å². The first-order valence-corrected chi connectivity index (χ1v) is 6.71. The number of allylic oxidation sites excluding steroid dienone is 2. The van der Waals surface area contributed by atoms with Crippen LogP contribution in [0.1, 0.15) is 11.1 Å². The average molecular weight is 304 g/mol. The Hall–Kier alpha value is -2.09. The molecule has 0 bridgehead atoms. The number of carboxylic acids is 1. The van der Waals surface area contributed by atoms with Crippen molar-refractivity contribution < 1.29 is 31.5 Å². The van der Waals surface area contributed by atoms with Gasteiger partial charge in [-0.15, -0.1) is 0 Å². The Morgan fingerprint density at radius 3 is 2.20 bits per heavy atom. The van der Waals surface area contributed by atoms with E-state index >= 15 is 0 Å². The van der Waals surface area contributed by atoms with Gasteiger partial charge >= 0.3 is 12.1 Å². The maximum absolute atomic E-state index is 12.9. The van der Waals surface area contributed by atoms with Crippen molar-refractivity contribution in [3.8, 4) is 0 Å². The van der Waals surface area contributed by atoms with Crippen molar-refractivity contribution in [1.29, 1.82) is 0 Å². The molecule has 1 aromatic rings. The lowest BCUT2D eigenvalue weighted by Gasteiger charge is -2.13. The van der Waals surface area contributed by atoms with E-state index < -0.39 is 42.9 Å². The van der Waals surface area contributed by atoms with Gasteiger partial charge in [-0.25, -0.2) is 13.2 Å². The van der Waals surface area contributed by atoms with Crippen molar-refractivity contribution in [1.82, 2.24) is 0 Å². The molecule has 106 valence electrons. The third kappa shape index (κ3) is 2.22. The lowest BCUT2D eigenvalue weighted by Crippen LogP contribution is -2.14. The molecule has 0 fully saturated rings. The van der Waals surface area contributed by atoms with Gasteiger partial charge in [0.2, 0.25) is 9.84 Å². The van der Waals surface area contributed by atoms with Gasteiger partial charge < -0.3 is 5.11 Å². The fourth-order valence-corrected chi connectivity index (χ4v) is 3.24. The smallest absolute Gasteiger partial charge is 0.417 e. The first-order chi connectivity index (χ1) is 9.15. The highest BCUT2D eigenvalue weighted by Gasteiger charge is 2.39. The van der Waals surface area contributed by atoms with Crippen molar-refractivity contribution in [2.75, 3.05) is 0 Å². The van der Waals surface area contributed by atoms with Crippen LogP contribution in [-0.2, 0) is 20.8 Å². The molecule has 0 saturated heterocycles. The molecule has 1 aliphatic rings. The molecular weight excluding hydrogens is 297 g/mol. The van der Waals surface area contributed by atoms with Crippen molar-refractivity contribution >= 4 is 20.7 Å². The van der Waals surface area contributed by atoms with Gasteiger partial charge in [0.05, 0.1) is 10.5 Å². The number of aliphatic carboxylic acids is 1. The van der Waals surface area contributed by atoms with Gasteiger partial charge in [-0.3, -0.25) is 0 Å². The highest BCUT2D eigenvalue weighted by molar-refractivity contribution is 8.05. The van der Waals surface area contributed by atoms with E-state index in [1.165, 1.54) is 6.07 Å². The van der Waals surface area contributed by atoms with Crippen molar-refractivity contribution in [2.45, 2.75) is 6.18 Å². The van der Waals surface area contributed by atoms with Crippen molar-refractivity contribution in [3.05, 3.63) is 52.4 Å². The molecule has 0 aliphatic carbocycles. The predicted molar refractivity (Wildman–Crippen MR) is 64.1 cm³/mol. The van der Waals surface area contributed by atoms with Crippen LogP contribution in [0.3, 0.4) is 0 Å². The minimum absolute atomic E-state index is 0.562. The molecule has 0 amide bonds. The molecule has 0 atom stereocenters. The number of sulfone groups is 1. The molecule has 1 N–H and O–H groups in total. The molecule has 0 spiro atoms. The minimum Gasteiger partial charge on any atom is -0.477 e. The van der Waals surface area contributed by atoms with Crippen LogP contribution in [0, 0.1) is 0 Å². The predicted octanol–water partition coefficient (Wildman–Crippen LogP) is 2.44. The van der Waals surface area contributed by atoms with Crippen LogP contribution in [0.15, 0.2) is 41.3 Å². The van der Waals surface area contributed by atoms with Gasteiger partial charge in [0, 0.05) is 5.56 Å². The number of carboxylic acid groups (broad SMARTS) is 1. The van der Waals surface area contributed by atoms with Gasteiger partial charge in [0.1, 0.15) is 0 Å². The van der Waals surface area contributed by atoms with E-state index in [4.69, 9.17) is 5.11 Å². The number of hydrogen-bond acceptors (Lipinski definition) is 3. The Labute approximate surface area is 111 Å². The zero-order valence-electron chi connectivity index (χ0n) is 9.68. The van der Waals surface area contributed by atoms with Crippen LogP contribution in [0.25, 0.3) is 4.91 Å². The number of rotatable bonds is 2. The number of hydrogen-bond donors (Lipinski definition) is 1. The van der Waals surface area contributed by atoms with Crippen molar-refractivity contribution in [2.24, 2.45) is 0 Å². The van der Waals surface area contributed by atoms with E-state index in [0.717, 1.165) is 30.4 Å². The Morgan fingerprint density at radius 1 is 1.10 bits per heavy atom. The van der Waals surface area contributed by atoms with Crippen LogP contribution < -0.4 is 0 Å². The third-order valence-electron chi connectivity index (χ3n) is 2.67. The zero-order chi connectivity index (χ0) is 15.1. The monoisotopic (exact) mass is 304 g/mol. The summed E-state index contributed by atoms with van der Waals surface area (Å²) in [4.78, 5) is 9.17. The second-order valence-electron chi connectivity index (χ2n) is 3.91. The Morgan fingerprint density at radius 2 is 1.70 bits per heavy atom. The van der Waals surface area contributed by atoms with Crippen LogP contribution >= 0.6 is 0 Å². The summed E-state index contributed by atoms with van der Waals surface area (Å²) in [6, 6.07) is 4.11. The van der Waals surface area contributed by atoms with Gasteiger partial charge in [-0.1, -0.05) is 18.2 Å². The van der Waals surface area contributed by atoms with E-state index in [1.807, 2.05) is 0 Å². The molecule has 1 aliphatic heterocycles. The largest absolute Gasteiger partial charge is 0.477 e. The summed E-state index contributed by atoms with van der Waals surface area (Å²) in [5.41, 5.74) is -1.69. The summed E-state index contributed by atoms with van der Waals surface area (Å²) in [5.74, 6) is -1.71. The topological polar surface area (TPSA) is 71.4 Å². The number of halogens is 3. The van der Waals surface area contributed by atoms with Crippen LogP contribution in [0.2, 0.25) is 0 Å². The molecule has 8 heteroatoms. The molecular formula is C12H7F3O4S. The Kier molecular flexibility index (Phi) is 3.21. The van der Waals surface area contributed by atoms with E-state index in [0.29, 0.717) is 0 Å². The molecule has 0 aromatic heterocycles. The standard InChI is InChI=1S/C12H7F3O4S/c13-12(14,15)8-4-2-1-3-7(8)9-5-6-10(11(16)17)20(9,18)19/h1-6H,(H,16,17). The summed E-state index contributed by atoms with van der Waals surface area (Å²) in [7, 11) is -4.44. The number of alkyl halides is 3. The molecule has 1 heterocycles. The third-order valence-corrected chi connectivity index (χ3v) is 4.50. The normalized spacial score (nSPS) is 17.6. The molecule has 0 saturated carbocycles. The summed E-state index contributed by atoms with van der Waals surface area (Å²) in [6.07, 6.45) is -3.09. The minimum atomic E-state index is -4.74. The van der Waals surface area contributed by atoms with Gasteiger partial charge in [0.15, 0.2) is 4.91 Å². The molecule has 0 unspecified atom stereocenters. The highest BCUT2D eigenvalue weighted by atomic mass is 32.2. The van der Waals surface area contributed by atoms with E-state index in [-0.39, 0.29) is 0 Å². The molecule has 0 radical (unpaired) electrons. The summed E-state index contributed by atoms with van der Waals surface area (Å²) in [5, 5.41) is 8.74. The number of benzene rings is 1.